The average Bonchev–Trinajstić information content (AvgIpc) is 2.97. The van der Waals surface area contributed by atoms with Crippen molar-refractivity contribution in [3.63, 3.8) is 0 Å². The number of urea groups is 1. The number of para-hydroxylation sites is 1. The predicted octanol–water partition coefficient (Wildman–Crippen LogP) is 4.43. The van der Waals surface area contributed by atoms with Gasteiger partial charge >= 0.3 is 6.03 Å². The lowest BCUT2D eigenvalue weighted by molar-refractivity contribution is 0.236. The van der Waals surface area contributed by atoms with E-state index in [0.717, 1.165) is 22.5 Å². The van der Waals surface area contributed by atoms with E-state index in [1.165, 1.54) is 10.5 Å². The molecule has 23 heavy (non-hydrogen) atoms. The summed E-state index contributed by atoms with van der Waals surface area (Å²) in [7, 11) is 0. The van der Waals surface area contributed by atoms with Crippen molar-refractivity contribution in [1.29, 1.82) is 0 Å². The molecule has 1 aliphatic heterocycles. The Morgan fingerprint density at radius 1 is 1.00 bits per heavy atom. The fourth-order valence-electron chi connectivity index (χ4n) is 2.81. The largest absolute Gasteiger partial charge is 0.328 e. The molecule has 0 fully saturated rings. The van der Waals surface area contributed by atoms with Gasteiger partial charge in [-0.2, -0.15) is 0 Å². The lowest BCUT2D eigenvalue weighted by Crippen LogP contribution is -2.30. The Morgan fingerprint density at radius 3 is 2.30 bits per heavy atom. The van der Waals surface area contributed by atoms with E-state index in [-0.39, 0.29) is 6.03 Å². The van der Waals surface area contributed by atoms with Crippen LogP contribution in [-0.2, 0) is 0 Å². The van der Waals surface area contributed by atoms with E-state index in [1.807, 2.05) is 41.4 Å². The second-order valence-electron chi connectivity index (χ2n) is 5.68. The van der Waals surface area contributed by atoms with Crippen molar-refractivity contribution < 1.29 is 4.79 Å². The number of amides is 2. The summed E-state index contributed by atoms with van der Waals surface area (Å²) in [5, 5.41) is 2.84. The number of rotatable bonds is 2. The van der Waals surface area contributed by atoms with Crippen LogP contribution >= 0.6 is 0 Å². The molecule has 0 saturated heterocycles. The van der Waals surface area contributed by atoms with Gasteiger partial charge in [-0.25, -0.2) is 4.79 Å². The third-order valence-electron chi connectivity index (χ3n) is 3.70. The second-order valence-corrected chi connectivity index (χ2v) is 5.68. The molecule has 4 heteroatoms. The molecule has 1 aliphatic rings. The van der Waals surface area contributed by atoms with Crippen LogP contribution in [-0.4, -0.2) is 10.9 Å². The predicted molar refractivity (Wildman–Crippen MR) is 92.8 cm³/mol. The molecule has 2 radical (unpaired) electrons. The number of aryl methyl sites for hydroxylation is 3. The second kappa shape index (κ2) is 6.16. The molecule has 0 aliphatic carbocycles. The minimum atomic E-state index is -0.239. The first-order valence-corrected chi connectivity index (χ1v) is 7.51. The molecular weight excluding hydrogens is 286 g/mol. The highest BCUT2D eigenvalue weighted by Gasteiger charge is 2.24. The summed E-state index contributed by atoms with van der Waals surface area (Å²) in [4.78, 5) is 15.6. The molecule has 4 nitrogen and oxygen atoms in total. The molecule has 0 aromatic heterocycles. The molecule has 0 unspecified atom stereocenters. The van der Waals surface area contributed by atoms with Crippen molar-refractivity contribution in [2.24, 2.45) is 0 Å². The first-order valence-electron chi connectivity index (χ1n) is 7.51. The van der Waals surface area contributed by atoms with Gasteiger partial charge in [0.05, 0.1) is 0 Å². The summed E-state index contributed by atoms with van der Waals surface area (Å²) < 4.78 is 0. The number of benzene rings is 2. The number of carbonyl (C=O) groups is 1. The zero-order chi connectivity index (χ0) is 16.4. The minimum Gasteiger partial charge on any atom is -0.314 e. The summed E-state index contributed by atoms with van der Waals surface area (Å²) in [6, 6.07) is 13.4. The maximum absolute atomic E-state index is 12.3. The van der Waals surface area contributed by atoms with Crippen LogP contribution < -0.4 is 10.2 Å². The molecule has 2 aromatic carbocycles. The van der Waals surface area contributed by atoms with Crippen LogP contribution in [0.2, 0.25) is 0 Å². The number of carbonyl (C=O) groups excluding carboxylic acids is 1. The zero-order valence-corrected chi connectivity index (χ0v) is 13.5. The van der Waals surface area contributed by atoms with Crippen LogP contribution in [0, 0.1) is 27.4 Å². The first-order chi connectivity index (χ1) is 11.0. The minimum absolute atomic E-state index is 0.239. The van der Waals surface area contributed by atoms with E-state index in [2.05, 4.69) is 44.9 Å². The van der Waals surface area contributed by atoms with Crippen molar-refractivity contribution in [2.75, 3.05) is 10.2 Å². The molecule has 0 atom stereocenters. The Morgan fingerprint density at radius 2 is 1.65 bits per heavy atom. The highest BCUT2D eigenvalue weighted by molar-refractivity contribution is 5.91. The average molecular weight is 305 g/mol. The molecule has 3 rings (SSSR count). The number of nitrogens with one attached hydrogen (secondary N) is 1. The van der Waals surface area contributed by atoms with Gasteiger partial charge in [0.15, 0.2) is 0 Å². The van der Waals surface area contributed by atoms with Crippen LogP contribution in [0.1, 0.15) is 16.7 Å². The fraction of sp³-hybridized carbons (Fsp3) is 0.158. The summed E-state index contributed by atoms with van der Waals surface area (Å²) >= 11 is 0. The van der Waals surface area contributed by atoms with Crippen molar-refractivity contribution in [2.45, 2.75) is 20.8 Å². The van der Waals surface area contributed by atoms with Crippen LogP contribution in [0.25, 0.3) is 0 Å². The van der Waals surface area contributed by atoms with Crippen LogP contribution in [0.5, 0.6) is 0 Å². The molecule has 0 spiro atoms. The standard InChI is InChI=1S/C19H19N3O/c1-14-11-15(2)18(16(3)12-14)21-9-10-22(13-21)19(23)20-17-7-5-4-6-8-17/h4-12H,1-3H3,(H,20,23). The lowest BCUT2D eigenvalue weighted by Gasteiger charge is -2.22. The third kappa shape index (κ3) is 3.21. The van der Waals surface area contributed by atoms with E-state index in [1.54, 1.807) is 6.20 Å². The molecule has 0 saturated carbocycles. The molecule has 0 bridgehead atoms. The summed E-state index contributed by atoms with van der Waals surface area (Å²) in [6.07, 6.45) is 3.55. The SMILES string of the molecule is Cc1cc(C)c(N2[C]N(C(=O)Nc3ccccc3)C=C2)c(C)c1. The number of hydrogen-bond acceptors (Lipinski definition) is 2. The first kappa shape index (κ1) is 15.2. The van der Waals surface area contributed by atoms with Crippen molar-refractivity contribution in [1.82, 2.24) is 4.90 Å². The van der Waals surface area contributed by atoms with Gasteiger partial charge in [0.25, 0.3) is 0 Å². The number of hydrogen-bond donors (Lipinski definition) is 1. The Hall–Kier alpha value is -2.75. The molecule has 2 amide bonds. The molecule has 2 aromatic rings. The van der Waals surface area contributed by atoms with Gasteiger partial charge in [-0.15, -0.1) is 0 Å². The van der Waals surface area contributed by atoms with Gasteiger partial charge in [0, 0.05) is 23.8 Å². The Kier molecular flexibility index (Phi) is 4.06. The van der Waals surface area contributed by atoms with E-state index in [0.29, 0.717) is 0 Å². The maximum Gasteiger partial charge on any atom is 0.328 e. The van der Waals surface area contributed by atoms with Gasteiger partial charge in [-0.1, -0.05) is 35.9 Å². The van der Waals surface area contributed by atoms with Crippen LogP contribution in [0.15, 0.2) is 54.9 Å². The zero-order valence-electron chi connectivity index (χ0n) is 13.5. The normalized spacial score (nSPS) is 13.5. The van der Waals surface area contributed by atoms with Gasteiger partial charge in [-0.3, -0.25) is 4.90 Å². The van der Waals surface area contributed by atoms with E-state index < -0.39 is 0 Å². The highest BCUT2D eigenvalue weighted by atomic mass is 16.2. The highest BCUT2D eigenvalue weighted by Crippen LogP contribution is 2.30. The number of nitrogens with zero attached hydrogens (tertiary/aromatic N) is 2. The van der Waals surface area contributed by atoms with Crippen LogP contribution in [0.4, 0.5) is 16.2 Å². The maximum atomic E-state index is 12.3. The lowest BCUT2D eigenvalue weighted by atomic mass is 10.0. The van der Waals surface area contributed by atoms with Gasteiger partial charge in [0.2, 0.25) is 6.67 Å². The summed E-state index contributed by atoms with van der Waals surface area (Å²) in [6.45, 7) is 9.29. The Labute approximate surface area is 137 Å². The van der Waals surface area contributed by atoms with E-state index in [9.17, 15) is 4.79 Å². The van der Waals surface area contributed by atoms with Crippen LogP contribution in [0.3, 0.4) is 0 Å². The third-order valence-corrected chi connectivity index (χ3v) is 3.70. The Balaban J connectivity index is 1.72. The van der Waals surface area contributed by atoms with Gasteiger partial charge < -0.3 is 10.2 Å². The fourth-order valence-corrected chi connectivity index (χ4v) is 2.81. The summed E-state index contributed by atoms with van der Waals surface area (Å²) in [5.74, 6) is 0. The number of anilines is 2. The van der Waals surface area contributed by atoms with Gasteiger partial charge in [-0.05, 0) is 44.0 Å². The monoisotopic (exact) mass is 305 g/mol. The quantitative estimate of drug-likeness (QED) is 0.890. The van der Waals surface area contributed by atoms with Crippen molar-refractivity contribution in [3.05, 3.63) is 78.2 Å². The topological polar surface area (TPSA) is 35.6 Å². The smallest absolute Gasteiger partial charge is 0.314 e. The van der Waals surface area contributed by atoms with E-state index >= 15 is 0 Å². The van der Waals surface area contributed by atoms with Crippen molar-refractivity contribution >= 4 is 17.4 Å². The van der Waals surface area contributed by atoms with Crippen molar-refractivity contribution in [3.8, 4) is 0 Å². The van der Waals surface area contributed by atoms with E-state index in [4.69, 9.17) is 0 Å². The molecular formula is C19H19N3O. The molecule has 1 heterocycles. The Bertz CT molecular complexity index is 729. The molecule has 1 N–H and O–H groups in total. The summed E-state index contributed by atoms with van der Waals surface area (Å²) in [5.41, 5.74) is 5.36. The van der Waals surface area contributed by atoms with Gasteiger partial charge in [0.1, 0.15) is 0 Å². The molecule has 116 valence electrons.